The van der Waals surface area contributed by atoms with Crippen LogP contribution in [0.3, 0.4) is 0 Å². The third kappa shape index (κ3) is 5.83. The van der Waals surface area contributed by atoms with Crippen LogP contribution < -0.4 is 9.47 Å². The SMILES string of the molecule is C=CCc1cc(C=Nc2ccc(Cl)c(C(=O)OC)c2)cc(OC)c1OCC(=O)O. The average molecular weight is 418 g/mol. The highest BCUT2D eigenvalue weighted by Crippen LogP contribution is 2.33. The van der Waals surface area contributed by atoms with Gasteiger partial charge in [0.25, 0.3) is 0 Å². The van der Waals surface area contributed by atoms with Crippen LogP contribution in [0.5, 0.6) is 11.5 Å². The molecule has 0 spiro atoms. The third-order valence-electron chi connectivity index (χ3n) is 3.80. The number of carboxylic acids is 1. The highest BCUT2D eigenvalue weighted by atomic mass is 35.5. The second-order valence-corrected chi connectivity index (χ2v) is 6.21. The van der Waals surface area contributed by atoms with Crippen molar-refractivity contribution in [1.82, 2.24) is 0 Å². The number of nitrogens with zero attached hydrogens (tertiary/aromatic N) is 1. The minimum atomic E-state index is -1.09. The van der Waals surface area contributed by atoms with Crippen molar-refractivity contribution >= 4 is 35.4 Å². The zero-order valence-electron chi connectivity index (χ0n) is 16.0. The molecule has 0 unspecified atom stereocenters. The maximum Gasteiger partial charge on any atom is 0.341 e. The number of hydrogen-bond donors (Lipinski definition) is 1. The second-order valence-electron chi connectivity index (χ2n) is 5.80. The Morgan fingerprint density at radius 2 is 2.00 bits per heavy atom. The van der Waals surface area contributed by atoms with Gasteiger partial charge in [0.05, 0.1) is 30.5 Å². The van der Waals surface area contributed by atoms with Gasteiger partial charge in [-0.3, -0.25) is 4.99 Å². The first-order valence-electron chi connectivity index (χ1n) is 8.48. The number of carbonyl (C=O) groups is 2. The number of allylic oxidation sites excluding steroid dienone is 1. The summed E-state index contributed by atoms with van der Waals surface area (Å²) in [5.41, 5.74) is 2.11. The number of aliphatic imine (C=N–C) groups is 1. The number of esters is 1. The molecule has 0 radical (unpaired) electrons. The quantitative estimate of drug-likeness (QED) is 0.375. The number of hydrogen-bond acceptors (Lipinski definition) is 6. The molecule has 1 N–H and O–H groups in total. The summed E-state index contributed by atoms with van der Waals surface area (Å²) in [6, 6.07) is 8.22. The van der Waals surface area contributed by atoms with Gasteiger partial charge in [0, 0.05) is 11.8 Å². The van der Waals surface area contributed by atoms with Crippen molar-refractivity contribution in [3.63, 3.8) is 0 Å². The van der Waals surface area contributed by atoms with Crippen molar-refractivity contribution in [2.75, 3.05) is 20.8 Å². The standard InChI is InChI=1S/C21H20ClNO6/c1-4-5-14-8-13(9-18(27-2)20(14)29-12-19(24)25)11-23-15-6-7-17(22)16(10-15)21(26)28-3/h4,6-11H,1,5,12H2,2-3H3,(H,24,25). The molecule has 0 atom stereocenters. The Balaban J connectivity index is 2.39. The van der Waals surface area contributed by atoms with E-state index < -0.39 is 18.5 Å². The number of rotatable bonds is 9. The molecule has 8 heteroatoms. The Bertz CT molecular complexity index is 954. The maximum atomic E-state index is 11.8. The molecule has 0 amide bonds. The molecule has 0 bridgehead atoms. The molecule has 0 saturated carbocycles. The number of carboxylic acid groups (broad SMARTS) is 1. The molecule has 0 aliphatic heterocycles. The van der Waals surface area contributed by atoms with Gasteiger partial charge in [-0.15, -0.1) is 6.58 Å². The Kier molecular flexibility index (Phi) is 7.79. The van der Waals surface area contributed by atoms with Crippen molar-refractivity contribution in [2.45, 2.75) is 6.42 Å². The lowest BCUT2D eigenvalue weighted by molar-refractivity contribution is -0.139. The highest BCUT2D eigenvalue weighted by molar-refractivity contribution is 6.33. The van der Waals surface area contributed by atoms with Gasteiger partial charge in [-0.1, -0.05) is 17.7 Å². The molecule has 2 aromatic rings. The van der Waals surface area contributed by atoms with Gasteiger partial charge in [0.1, 0.15) is 0 Å². The number of aliphatic carboxylic acids is 1. The lowest BCUT2D eigenvalue weighted by Crippen LogP contribution is -2.11. The van der Waals surface area contributed by atoms with E-state index in [1.807, 2.05) is 0 Å². The number of benzene rings is 2. The summed E-state index contributed by atoms with van der Waals surface area (Å²) in [6.45, 7) is 3.22. The summed E-state index contributed by atoms with van der Waals surface area (Å²) in [7, 11) is 2.74. The largest absolute Gasteiger partial charge is 0.493 e. The Morgan fingerprint density at radius 3 is 2.62 bits per heavy atom. The number of ether oxygens (including phenoxy) is 3. The maximum absolute atomic E-state index is 11.8. The van der Waals surface area contributed by atoms with E-state index in [0.717, 1.165) is 0 Å². The van der Waals surface area contributed by atoms with E-state index in [2.05, 4.69) is 11.6 Å². The summed E-state index contributed by atoms with van der Waals surface area (Å²) in [5, 5.41) is 9.14. The van der Waals surface area contributed by atoms with E-state index in [0.29, 0.717) is 34.7 Å². The molecule has 152 valence electrons. The zero-order chi connectivity index (χ0) is 21.4. The fraction of sp³-hybridized carbons (Fsp3) is 0.190. The van der Waals surface area contributed by atoms with Crippen molar-refractivity contribution < 1.29 is 28.9 Å². The Hall–Kier alpha value is -3.32. The average Bonchev–Trinajstić information content (AvgIpc) is 2.71. The van der Waals surface area contributed by atoms with Crippen LogP contribution >= 0.6 is 11.6 Å². The van der Waals surface area contributed by atoms with Gasteiger partial charge in [-0.25, -0.2) is 9.59 Å². The lowest BCUT2D eigenvalue weighted by atomic mass is 10.1. The van der Waals surface area contributed by atoms with Crippen LogP contribution in [0.2, 0.25) is 5.02 Å². The van der Waals surface area contributed by atoms with E-state index >= 15 is 0 Å². The van der Waals surface area contributed by atoms with Gasteiger partial charge in [0.15, 0.2) is 18.1 Å². The molecule has 0 aliphatic carbocycles. The van der Waals surface area contributed by atoms with Gasteiger partial charge in [0.2, 0.25) is 0 Å². The summed E-state index contributed by atoms with van der Waals surface area (Å²) in [6.07, 6.45) is 3.70. The minimum Gasteiger partial charge on any atom is -0.493 e. The molecule has 0 fully saturated rings. The van der Waals surface area contributed by atoms with Gasteiger partial charge in [-0.2, -0.15) is 0 Å². The van der Waals surface area contributed by atoms with Crippen LogP contribution in [0.4, 0.5) is 5.69 Å². The predicted octanol–water partition coefficient (Wildman–Crippen LogP) is 4.08. The molecule has 2 rings (SSSR count). The highest BCUT2D eigenvalue weighted by Gasteiger charge is 2.14. The van der Waals surface area contributed by atoms with Crippen molar-refractivity contribution in [2.24, 2.45) is 4.99 Å². The van der Waals surface area contributed by atoms with Crippen LogP contribution in [-0.4, -0.2) is 44.1 Å². The van der Waals surface area contributed by atoms with Crippen LogP contribution in [0, 0.1) is 0 Å². The third-order valence-corrected chi connectivity index (χ3v) is 4.13. The molecule has 0 aliphatic rings. The summed E-state index contributed by atoms with van der Waals surface area (Å²) >= 11 is 6.02. The van der Waals surface area contributed by atoms with Gasteiger partial charge < -0.3 is 19.3 Å². The summed E-state index contributed by atoms with van der Waals surface area (Å²) in [4.78, 5) is 27.0. The fourth-order valence-corrected chi connectivity index (χ4v) is 2.72. The Labute approximate surface area is 173 Å². The van der Waals surface area contributed by atoms with E-state index in [9.17, 15) is 9.59 Å². The smallest absolute Gasteiger partial charge is 0.341 e. The van der Waals surface area contributed by atoms with E-state index in [4.69, 9.17) is 30.9 Å². The normalized spacial score (nSPS) is 10.6. The van der Waals surface area contributed by atoms with Gasteiger partial charge in [-0.05, 0) is 42.3 Å². The Morgan fingerprint density at radius 1 is 1.24 bits per heavy atom. The lowest BCUT2D eigenvalue weighted by Gasteiger charge is -2.14. The minimum absolute atomic E-state index is 0.214. The molecule has 0 heterocycles. The van der Waals surface area contributed by atoms with E-state index in [1.54, 1.807) is 36.6 Å². The van der Waals surface area contributed by atoms with Crippen molar-refractivity contribution in [1.29, 1.82) is 0 Å². The van der Waals surface area contributed by atoms with Crippen molar-refractivity contribution in [3.8, 4) is 11.5 Å². The van der Waals surface area contributed by atoms with E-state index in [-0.39, 0.29) is 10.6 Å². The second kappa shape index (κ2) is 10.3. The zero-order valence-corrected chi connectivity index (χ0v) is 16.7. The molecule has 29 heavy (non-hydrogen) atoms. The first-order valence-corrected chi connectivity index (χ1v) is 8.85. The summed E-state index contributed by atoms with van der Waals surface area (Å²) < 4.78 is 15.4. The number of carbonyl (C=O) groups excluding carboxylic acids is 1. The van der Waals surface area contributed by atoms with Gasteiger partial charge >= 0.3 is 11.9 Å². The molecular weight excluding hydrogens is 398 g/mol. The number of methoxy groups -OCH3 is 2. The molecule has 0 saturated heterocycles. The number of halogens is 1. The van der Waals surface area contributed by atoms with Crippen molar-refractivity contribution in [3.05, 3.63) is 64.7 Å². The summed E-state index contributed by atoms with van der Waals surface area (Å²) in [5.74, 6) is -0.932. The van der Waals surface area contributed by atoms with Crippen LogP contribution in [-0.2, 0) is 16.0 Å². The van der Waals surface area contributed by atoms with Crippen LogP contribution in [0.25, 0.3) is 0 Å². The van der Waals surface area contributed by atoms with E-state index in [1.165, 1.54) is 20.3 Å². The molecular formula is C21H20ClNO6. The topological polar surface area (TPSA) is 94.4 Å². The monoisotopic (exact) mass is 417 g/mol. The predicted molar refractivity (Wildman–Crippen MR) is 110 cm³/mol. The van der Waals surface area contributed by atoms with Crippen LogP contribution in [0.15, 0.2) is 48.0 Å². The molecule has 2 aromatic carbocycles. The first-order chi connectivity index (χ1) is 13.9. The van der Waals surface area contributed by atoms with Crippen LogP contribution in [0.1, 0.15) is 21.5 Å². The molecule has 0 aromatic heterocycles. The fourth-order valence-electron chi connectivity index (χ4n) is 2.52. The molecule has 7 nitrogen and oxygen atoms in total. The first kappa shape index (κ1) is 22.0.